The van der Waals surface area contributed by atoms with E-state index in [0.29, 0.717) is 0 Å². The van der Waals surface area contributed by atoms with Crippen LogP contribution in [0.15, 0.2) is 0 Å². The molecule has 0 amide bonds. The van der Waals surface area contributed by atoms with Crippen molar-refractivity contribution in [3.05, 3.63) is 0 Å². The standard InChI is InChI=1S/C6H14Si/c1-3-5-6-7-4-2/h3-6H2,1-2H3. The van der Waals surface area contributed by atoms with Crippen molar-refractivity contribution in [3.8, 4) is 0 Å². The minimum absolute atomic E-state index is 1.22. The van der Waals surface area contributed by atoms with E-state index < -0.39 is 0 Å². The molecule has 7 heavy (non-hydrogen) atoms. The van der Waals surface area contributed by atoms with Crippen LogP contribution in [0.3, 0.4) is 0 Å². The molecule has 0 aliphatic heterocycles. The average molecular weight is 114 g/mol. The lowest BCUT2D eigenvalue weighted by molar-refractivity contribution is 0.877. The van der Waals surface area contributed by atoms with Crippen LogP contribution >= 0.6 is 0 Å². The summed E-state index contributed by atoms with van der Waals surface area (Å²) < 4.78 is 0. The molecule has 0 saturated carbocycles. The molecule has 0 aliphatic carbocycles. The first-order chi connectivity index (χ1) is 3.41. The molecule has 0 aromatic rings. The monoisotopic (exact) mass is 114 g/mol. The summed E-state index contributed by atoms with van der Waals surface area (Å²) in [7, 11) is 1.22. The Labute approximate surface area is 49.1 Å². The summed E-state index contributed by atoms with van der Waals surface area (Å²) in [6.45, 7) is 4.51. The normalized spacial score (nSPS) is 9.43. The Balaban J connectivity index is 2.45. The molecule has 2 radical (unpaired) electrons. The molecule has 0 rings (SSSR count). The van der Waals surface area contributed by atoms with E-state index in [2.05, 4.69) is 13.8 Å². The maximum absolute atomic E-state index is 2.26. The second kappa shape index (κ2) is 6.22. The Morgan fingerprint density at radius 2 is 2.00 bits per heavy atom. The van der Waals surface area contributed by atoms with Gasteiger partial charge in [0.25, 0.3) is 0 Å². The highest BCUT2D eigenvalue weighted by Crippen LogP contribution is 1.94. The van der Waals surface area contributed by atoms with Gasteiger partial charge in [0.2, 0.25) is 0 Å². The summed E-state index contributed by atoms with van der Waals surface area (Å²) >= 11 is 0. The van der Waals surface area contributed by atoms with Crippen molar-refractivity contribution in [1.82, 2.24) is 0 Å². The van der Waals surface area contributed by atoms with Crippen LogP contribution in [0.4, 0.5) is 0 Å². The van der Waals surface area contributed by atoms with Gasteiger partial charge in [0, 0.05) is 9.52 Å². The lowest BCUT2D eigenvalue weighted by atomic mass is 10.4. The molecule has 42 valence electrons. The van der Waals surface area contributed by atoms with E-state index in [1.807, 2.05) is 0 Å². The summed E-state index contributed by atoms with van der Waals surface area (Å²) in [6, 6.07) is 2.85. The molecule has 0 saturated heterocycles. The molecule has 0 spiro atoms. The van der Waals surface area contributed by atoms with Crippen molar-refractivity contribution >= 4 is 9.52 Å². The Hall–Kier alpha value is 0.217. The predicted octanol–water partition coefficient (Wildman–Crippen LogP) is 2.35. The Kier molecular flexibility index (Phi) is 6.41. The van der Waals surface area contributed by atoms with E-state index in [-0.39, 0.29) is 0 Å². The zero-order valence-electron chi connectivity index (χ0n) is 5.33. The molecule has 0 fully saturated rings. The van der Waals surface area contributed by atoms with Crippen molar-refractivity contribution in [3.63, 3.8) is 0 Å². The Morgan fingerprint density at radius 1 is 1.29 bits per heavy atom. The van der Waals surface area contributed by atoms with Crippen LogP contribution in [0.2, 0.25) is 12.1 Å². The summed E-state index contributed by atoms with van der Waals surface area (Å²) in [6.07, 6.45) is 2.80. The molecule has 0 aliphatic rings. The first kappa shape index (κ1) is 7.22. The minimum Gasteiger partial charge on any atom is -0.0682 e. The van der Waals surface area contributed by atoms with Crippen LogP contribution in [0.25, 0.3) is 0 Å². The van der Waals surface area contributed by atoms with Gasteiger partial charge in [-0.2, -0.15) is 0 Å². The lowest BCUT2D eigenvalue weighted by Gasteiger charge is -1.89. The largest absolute Gasteiger partial charge is 0.0682 e. The van der Waals surface area contributed by atoms with Gasteiger partial charge in [0.15, 0.2) is 0 Å². The number of hydrogen-bond acceptors (Lipinski definition) is 0. The van der Waals surface area contributed by atoms with Crippen LogP contribution in [-0.4, -0.2) is 9.52 Å². The highest BCUT2D eigenvalue weighted by Gasteiger charge is 1.81. The van der Waals surface area contributed by atoms with Gasteiger partial charge < -0.3 is 0 Å². The summed E-state index contributed by atoms with van der Waals surface area (Å²) in [5, 5.41) is 0. The second-order valence-corrected chi connectivity index (χ2v) is 3.41. The molecule has 0 aromatic carbocycles. The van der Waals surface area contributed by atoms with Gasteiger partial charge in [-0.3, -0.25) is 0 Å². The highest BCUT2D eigenvalue weighted by molar-refractivity contribution is 6.35. The van der Waals surface area contributed by atoms with Crippen molar-refractivity contribution < 1.29 is 0 Å². The molecule has 0 unspecified atom stereocenters. The van der Waals surface area contributed by atoms with E-state index in [0.717, 1.165) is 0 Å². The number of unbranched alkanes of at least 4 members (excludes halogenated alkanes) is 1. The third-order valence-electron chi connectivity index (χ3n) is 0.957. The minimum atomic E-state index is 1.22. The van der Waals surface area contributed by atoms with Crippen LogP contribution in [0.5, 0.6) is 0 Å². The molecule has 0 bridgehead atoms. The fourth-order valence-corrected chi connectivity index (χ4v) is 1.44. The third-order valence-corrected chi connectivity index (χ3v) is 2.16. The number of rotatable bonds is 4. The van der Waals surface area contributed by atoms with Gasteiger partial charge in [0.1, 0.15) is 0 Å². The van der Waals surface area contributed by atoms with Crippen molar-refractivity contribution in [1.29, 1.82) is 0 Å². The smallest absolute Gasteiger partial charge is 0.0375 e. The second-order valence-electron chi connectivity index (χ2n) is 1.71. The SMILES string of the molecule is CCCC[Si]CC. The maximum Gasteiger partial charge on any atom is 0.0375 e. The zero-order valence-corrected chi connectivity index (χ0v) is 6.33. The summed E-state index contributed by atoms with van der Waals surface area (Å²) in [5.41, 5.74) is 0. The van der Waals surface area contributed by atoms with Crippen LogP contribution in [0.1, 0.15) is 26.7 Å². The average Bonchev–Trinajstić information content (AvgIpc) is 1.69. The number of hydrogen-bond donors (Lipinski definition) is 0. The van der Waals surface area contributed by atoms with Gasteiger partial charge >= 0.3 is 0 Å². The molecular weight excluding hydrogens is 100 g/mol. The maximum atomic E-state index is 2.26. The van der Waals surface area contributed by atoms with E-state index in [9.17, 15) is 0 Å². The van der Waals surface area contributed by atoms with Gasteiger partial charge in [-0.05, 0) is 0 Å². The third kappa shape index (κ3) is 6.22. The first-order valence-electron chi connectivity index (χ1n) is 3.12. The van der Waals surface area contributed by atoms with E-state index in [1.165, 1.54) is 34.4 Å². The first-order valence-corrected chi connectivity index (χ1v) is 4.54. The lowest BCUT2D eigenvalue weighted by Crippen LogP contribution is -1.82. The topological polar surface area (TPSA) is 0 Å². The van der Waals surface area contributed by atoms with E-state index >= 15 is 0 Å². The van der Waals surface area contributed by atoms with Gasteiger partial charge in [-0.1, -0.05) is 38.8 Å². The Morgan fingerprint density at radius 3 is 2.43 bits per heavy atom. The molecule has 0 heterocycles. The van der Waals surface area contributed by atoms with Crippen molar-refractivity contribution in [2.45, 2.75) is 38.8 Å². The van der Waals surface area contributed by atoms with E-state index in [4.69, 9.17) is 0 Å². The molecule has 1 heteroatoms. The summed E-state index contributed by atoms with van der Waals surface area (Å²) in [5.74, 6) is 0. The van der Waals surface area contributed by atoms with Crippen molar-refractivity contribution in [2.75, 3.05) is 0 Å². The molecule has 0 aromatic heterocycles. The van der Waals surface area contributed by atoms with Gasteiger partial charge in [-0.15, -0.1) is 0 Å². The summed E-state index contributed by atoms with van der Waals surface area (Å²) in [4.78, 5) is 0. The molecule has 0 atom stereocenters. The predicted molar refractivity (Wildman–Crippen MR) is 35.9 cm³/mol. The van der Waals surface area contributed by atoms with Crippen molar-refractivity contribution in [2.24, 2.45) is 0 Å². The van der Waals surface area contributed by atoms with E-state index in [1.54, 1.807) is 0 Å². The van der Waals surface area contributed by atoms with Crippen LogP contribution < -0.4 is 0 Å². The van der Waals surface area contributed by atoms with Gasteiger partial charge in [0.05, 0.1) is 0 Å². The Bertz CT molecular complexity index is 23.4. The molecular formula is C6H14Si. The fraction of sp³-hybridized carbons (Fsp3) is 1.00. The van der Waals surface area contributed by atoms with Crippen LogP contribution in [-0.2, 0) is 0 Å². The zero-order chi connectivity index (χ0) is 5.54. The van der Waals surface area contributed by atoms with Gasteiger partial charge in [-0.25, -0.2) is 0 Å². The molecule has 0 N–H and O–H groups in total. The van der Waals surface area contributed by atoms with Crippen LogP contribution in [0, 0.1) is 0 Å². The quantitative estimate of drug-likeness (QED) is 0.389. The highest BCUT2D eigenvalue weighted by atomic mass is 28.2. The molecule has 0 nitrogen and oxygen atoms in total. The fourth-order valence-electron chi connectivity index (χ4n) is 0.479.